The molecule has 0 spiro atoms. The zero-order chi connectivity index (χ0) is 18.4. The average molecular weight is 362 g/mol. The second-order valence-corrected chi connectivity index (χ2v) is 7.23. The Bertz CT molecular complexity index is 1420. The first-order chi connectivity index (χ1) is 13.3. The van der Waals surface area contributed by atoms with Crippen molar-refractivity contribution >= 4 is 48.8 Å². The minimum absolute atomic E-state index is 0.517. The Hall–Kier alpha value is -3.80. The molecule has 0 bridgehead atoms. The van der Waals surface area contributed by atoms with E-state index >= 15 is 0 Å². The van der Waals surface area contributed by atoms with Gasteiger partial charge in [0.25, 0.3) is 0 Å². The summed E-state index contributed by atoms with van der Waals surface area (Å²) in [5.74, 6) is 0. The SMILES string of the molecule is [C-]#[N+]c1ccc2c(C#N)c3ncnc(-c4cc5ccccc5s4)c3cc2c1. The van der Waals surface area contributed by atoms with E-state index in [1.165, 1.54) is 16.4 Å². The van der Waals surface area contributed by atoms with Gasteiger partial charge in [0, 0.05) is 10.1 Å². The Morgan fingerprint density at radius 2 is 1.85 bits per heavy atom. The molecule has 2 heterocycles. The average Bonchev–Trinajstić information content (AvgIpc) is 3.15. The van der Waals surface area contributed by atoms with E-state index in [4.69, 9.17) is 6.57 Å². The van der Waals surface area contributed by atoms with Gasteiger partial charge in [0.05, 0.1) is 28.2 Å². The molecule has 0 unspecified atom stereocenters. The molecule has 0 aliphatic carbocycles. The fraction of sp³-hybridized carbons (Fsp3) is 0. The Kier molecular flexibility index (Phi) is 3.36. The quantitative estimate of drug-likeness (QED) is 0.268. The van der Waals surface area contributed by atoms with Gasteiger partial charge in [-0.2, -0.15) is 5.26 Å². The number of benzene rings is 3. The molecule has 0 N–H and O–H groups in total. The summed E-state index contributed by atoms with van der Waals surface area (Å²) in [5.41, 5.74) is 2.52. The van der Waals surface area contributed by atoms with Crippen molar-refractivity contribution in [3.8, 4) is 16.6 Å². The van der Waals surface area contributed by atoms with E-state index in [9.17, 15) is 5.26 Å². The number of thiophene rings is 1. The van der Waals surface area contributed by atoms with Crippen LogP contribution in [0, 0.1) is 17.9 Å². The third-order valence-corrected chi connectivity index (χ3v) is 5.75. The molecule has 5 aromatic rings. The van der Waals surface area contributed by atoms with Crippen molar-refractivity contribution in [2.45, 2.75) is 0 Å². The number of aromatic nitrogens is 2. The van der Waals surface area contributed by atoms with Crippen LogP contribution in [0.1, 0.15) is 5.56 Å². The highest BCUT2D eigenvalue weighted by Crippen LogP contribution is 2.38. The van der Waals surface area contributed by atoms with E-state index in [1.54, 1.807) is 17.4 Å². The summed E-state index contributed by atoms with van der Waals surface area (Å²) in [5, 5.41) is 13.4. The molecule has 27 heavy (non-hydrogen) atoms. The highest BCUT2D eigenvalue weighted by atomic mass is 32.1. The maximum absolute atomic E-state index is 9.77. The minimum atomic E-state index is 0.517. The van der Waals surface area contributed by atoms with Crippen molar-refractivity contribution in [3.63, 3.8) is 0 Å². The third-order valence-electron chi connectivity index (χ3n) is 4.62. The van der Waals surface area contributed by atoms with E-state index in [0.717, 1.165) is 26.7 Å². The molecule has 0 aliphatic heterocycles. The Balaban J connectivity index is 1.90. The predicted octanol–water partition coefficient (Wildman–Crippen LogP) is 6.09. The van der Waals surface area contributed by atoms with Gasteiger partial charge in [0.2, 0.25) is 0 Å². The Morgan fingerprint density at radius 3 is 2.67 bits per heavy atom. The number of nitrogens with zero attached hydrogens (tertiary/aromatic N) is 4. The van der Waals surface area contributed by atoms with Gasteiger partial charge < -0.3 is 0 Å². The second kappa shape index (κ2) is 5.88. The molecular formula is C22H10N4S. The zero-order valence-electron chi connectivity index (χ0n) is 14.0. The molecule has 2 aromatic heterocycles. The van der Waals surface area contributed by atoms with E-state index < -0.39 is 0 Å². The fourth-order valence-electron chi connectivity index (χ4n) is 3.39. The van der Waals surface area contributed by atoms with Gasteiger partial charge in [0.1, 0.15) is 12.4 Å². The lowest BCUT2D eigenvalue weighted by Gasteiger charge is -2.08. The van der Waals surface area contributed by atoms with Gasteiger partial charge in [-0.3, -0.25) is 0 Å². The highest BCUT2D eigenvalue weighted by Gasteiger charge is 2.15. The summed E-state index contributed by atoms with van der Waals surface area (Å²) in [7, 11) is 0. The molecule has 3 aromatic carbocycles. The van der Waals surface area contributed by atoms with Gasteiger partial charge in [-0.25, -0.2) is 14.8 Å². The lowest BCUT2D eigenvalue weighted by molar-refractivity contribution is 1.23. The van der Waals surface area contributed by atoms with Crippen molar-refractivity contribution in [1.82, 2.24) is 9.97 Å². The van der Waals surface area contributed by atoms with Crippen molar-refractivity contribution in [1.29, 1.82) is 5.26 Å². The van der Waals surface area contributed by atoms with Crippen LogP contribution in [-0.4, -0.2) is 9.97 Å². The molecule has 0 fully saturated rings. The smallest absolute Gasteiger partial charge is 0.187 e. The monoisotopic (exact) mass is 362 g/mol. The van der Waals surface area contributed by atoms with Crippen LogP contribution in [0.3, 0.4) is 0 Å². The first-order valence-electron chi connectivity index (χ1n) is 8.26. The van der Waals surface area contributed by atoms with E-state index in [2.05, 4.69) is 39.1 Å². The van der Waals surface area contributed by atoms with Gasteiger partial charge in [-0.05, 0) is 40.4 Å². The molecule has 124 valence electrons. The van der Waals surface area contributed by atoms with Crippen LogP contribution in [0.2, 0.25) is 0 Å². The molecule has 0 amide bonds. The molecule has 0 radical (unpaired) electrons. The molecule has 0 saturated heterocycles. The summed E-state index contributed by atoms with van der Waals surface area (Å²) in [4.78, 5) is 13.5. The minimum Gasteiger partial charge on any atom is -0.238 e. The summed E-state index contributed by atoms with van der Waals surface area (Å²) < 4.78 is 1.19. The van der Waals surface area contributed by atoms with E-state index in [0.29, 0.717) is 16.8 Å². The van der Waals surface area contributed by atoms with Gasteiger partial charge in [0.15, 0.2) is 5.69 Å². The van der Waals surface area contributed by atoms with Crippen LogP contribution in [0.5, 0.6) is 0 Å². The first kappa shape index (κ1) is 15.5. The fourth-order valence-corrected chi connectivity index (χ4v) is 4.46. The number of hydrogen-bond donors (Lipinski definition) is 0. The van der Waals surface area contributed by atoms with Crippen molar-refractivity contribution in [3.05, 3.63) is 77.9 Å². The summed E-state index contributed by atoms with van der Waals surface area (Å²) >= 11 is 1.67. The molecular weight excluding hydrogens is 352 g/mol. The summed E-state index contributed by atoms with van der Waals surface area (Å²) in [6.45, 7) is 7.26. The van der Waals surface area contributed by atoms with Gasteiger partial charge in [-0.1, -0.05) is 30.3 Å². The maximum atomic E-state index is 9.77. The van der Waals surface area contributed by atoms with Gasteiger partial charge in [-0.15, -0.1) is 11.3 Å². The van der Waals surface area contributed by atoms with Crippen LogP contribution < -0.4 is 0 Å². The normalized spacial score (nSPS) is 10.9. The summed E-state index contributed by atoms with van der Waals surface area (Å²) in [6.07, 6.45) is 1.52. The Labute approximate surface area is 158 Å². The Morgan fingerprint density at radius 1 is 0.963 bits per heavy atom. The van der Waals surface area contributed by atoms with E-state index in [1.807, 2.05) is 30.3 Å². The number of hydrogen-bond acceptors (Lipinski definition) is 4. The highest BCUT2D eigenvalue weighted by molar-refractivity contribution is 7.22. The van der Waals surface area contributed by atoms with Crippen LogP contribution in [0.15, 0.2) is 60.9 Å². The molecule has 5 heteroatoms. The third kappa shape index (κ3) is 2.34. The van der Waals surface area contributed by atoms with Crippen LogP contribution in [-0.2, 0) is 0 Å². The van der Waals surface area contributed by atoms with Crippen molar-refractivity contribution in [2.24, 2.45) is 0 Å². The van der Waals surface area contributed by atoms with Crippen molar-refractivity contribution in [2.75, 3.05) is 0 Å². The molecule has 4 nitrogen and oxygen atoms in total. The molecule has 0 aliphatic rings. The van der Waals surface area contributed by atoms with Crippen molar-refractivity contribution < 1.29 is 0 Å². The molecule has 0 atom stereocenters. The lowest BCUT2D eigenvalue weighted by atomic mass is 9.99. The number of fused-ring (bicyclic) bond motifs is 3. The van der Waals surface area contributed by atoms with Crippen LogP contribution in [0.4, 0.5) is 5.69 Å². The van der Waals surface area contributed by atoms with Gasteiger partial charge >= 0.3 is 0 Å². The molecule has 0 saturated carbocycles. The van der Waals surface area contributed by atoms with Crippen LogP contribution in [0.25, 0.3) is 47.2 Å². The second-order valence-electron chi connectivity index (χ2n) is 6.15. The maximum Gasteiger partial charge on any atom is 0.187 e. The van der Waals surface area contributed by atoms with E-state index in [-0.39, 0.29) is 0 Å². The standard InChI is InChI=1S/C22H10N4S/c1-24-15-6-7-16-14(8-15)9-17-21(18(16)11-23)25-12-26-22(17)20-10-13-4-2-3-5-19(13)27-20/h2-10,12H. The largest absolute Gasteiger partial charge is 0.238 e. The summed E-state index contributed by atoms with van der Waals surface area (Å²) in [6, 6.07) is 20.0. The molecule has 5 rings (SSSR count). The predicted molar refractivity (Wildman–Crippen MR) is 109 cm³/mol. The number of nitriles is 1. The topological polar surface area (TPSA) is 53.9 Å². The number of rotatable bonds is 1. The lowest BCUT2D eigenvalue weighted by Crippen LogP contribution is -1.92. The zero-order valence-corrected chi connectivity index (χ0v) is 14.8. The first-order valence-corrected chi connectivity index (χ1v) is 9.08. The van der Waals surface area contributed by atoms with Crippen LogP contribution >= 0.6 is 11.3 Å².